The van der Waals surface area contributed by atoms with E-state index in [0.29, 0.717) is 21.5 Å². The van der Waals surface area contributed by atoms with Gasteiger partial charge in [-0.1, -0.05) is 23.8 Å². The van der Waals surface area contributed by atoms with Crippen LogP contribution in [0.4, 0.5) is 14.5 Å². The Balaban J connectivity index is 1.76. The first-order chi connectivity index (χ1) is 14.7. The second-order valence-corrected chi connectivity index (χ2v) is 8.42. The van der Waals surface area contributed by atoms with E-state index in [-0.39, 0.29) is 11.2 Å². The van der Waals surface area contributed by atoms with Crippen LogP contribution in [-0.2, 0) is 11.3 Å². The predicted molar refractivity (Wildman–Crippen MR) is 116 cm³/mol. The van der Waals surface area contributed by atoms with Gasteiger partial charge < -0.3 is 5.32 Å². The maximum absolute atomic E-state index is 13.9. The second kappa shape index (κ2) is 7.99. The highest BCUT2D eigenvalue weighted by Crippen LogP contribution is 2.31. The largest absolute Gasteiger partial charge is 0.322 e. The number of benzene rings is 2. The average molecular weight is 440 g/mol. The van der Waals surface area contributed by atoms with Crippen molar-refractivity contribution in [2.45, 2.75) is 27.3 Å². The smallest absolute Gasteiger partial charge is 0.294 e. The standard InChI is InChI=1S/C22H18F2N4O2S/c1-11-4-6-15(12(2)8-11)19-21-20(25-13(3)31-21)22(30)28(27-19)10-18(29)26-17-7-5-14(23)9-16(17)24/h4-9H,10H2,1-3H3,(H,26,29). The molecule has 0 saturated heterocycles. The van der Waals surface area contributed by atoms with Gasteiger partial charge in [-0.3, -0.25) is 9.59 Å². The number of hydrogen-bond donors (Lipinski definition) is 1. The summed E-state index contributed by atoms with van der Waals surface area (Å²) in [5, 5.41) is 7.50. The molecule has 0 aliphatic heterocycles. The fourth-order valence-electron chi connectivity index (χ4n) is 3.35. The highest BCUT2D eigenvalue weighted by molar-refractivity contribution is 7.19. The summed E-state index contributed by atoms with van der Waals surface area (Å²) in [5.74, 6) is -2.33. The van der Waals surface area contributed by atoms with Crippen molar-refractivity contribution in [3.63, 3.8) is 0 Å². The van der Waals surface area contributed by atoms with Gasteiger partial charge in [-0.25, -0.2) is 18.4 Å². The third-order valence-corrected chi connectivity index (χ3v) is 5.72. The Morgan fingerprint density at radius 1 is 1.13 bits per heavy atom. The zero-order valence-corrected chi connectivity index (χ0v) is 17.8. The van der Waals surface area contributed by atoms with Gasteiger partial charge in [0.05, 0.1) is 15.4 Å². The Hall–Kier alpha value is -3.46. The Kier molecular flexibility index (Phi) is 5.36. The van der Waals surface area contributed by atoms with Crippen LogP contribution in [0.1, 0.15) is 16.1 Å². The number of aromatic nitrogens is 3. The van der Waals surface area contributed by atoms with E-state index in [9.17, 15) is 18.4 Å². The summed E-state index contributed by atoms with van der Waals surface area (Å²) >= 11 is 1.36. The second-order valence-electron chi connectivity index (χ2n) is 7.21. The number of fused-ring (bicyclic) bond motifs is 1. The van der Waals surface area contributed by atoms with Gasteiger partial charge in [0.15, 0.2) is 5.52 Å². The molecule has 0 unspecified atom stereocenters. The number of nitrogens with one attached hydrogen (secondary N) is 1. The van der Waals surface area contributed by atoms with Gasteiger partial charge in [0.2, 0.25) is 5.91 Å². The number of halogens is 2. The van der Waals surface area contributed by atoms with Crippen LogP contribution in [-0.4, -0.2) is 20.7 Å². The number of carbonyl (C=O) groups excluding carboxylic acids is 1. The molecule has 0 aliphatic rings. The first-order valence-electron chi connectivity index (χ1n) is 9.43. The first-order valence-corrected chi connectivity index (χ1v) is 10.3. The fraction of sp³-hybridized carbons (Fsp3) is 0.182. The molecule has 0 radical (unpaired) electrons. The minimum absolute atomic E-state index is 0.181. The van der Waals surface area contributed by atoms with E-state index in [1.54, 1.807) is 6.92 Å². The number of nitrogens with zero attached hydrogens (tertiary/aromatic N) is 3. The Morgan fingerprint density at radius 2 is 1.90 bits per heavy atom. The normalized spacial score (nSPS) is 11.1. The molecule has 6 nitrogen and oxygen atoms in total. The summed E-state index contributed by atoms with van der Waals surface area (Å²) in [5.41, 5.74) is 2.99. The van der Waals surface area contributed by atoms with Crippen molar-refractivity contribution in [1.29, 1.82) is 0 Å². The summed E-state index contributed by atoms with van der Waals surface area (Å²) < 4.78 is 28.6. The SMILES string of the molecule is Cc1ccc(-c2nn(CC(=O)Nc3ccc(F)cc3F)c(=O)c3nc(C)sc23)c(C)c1. The van der Waals surface area contributed by atoms with E-state index < -0.39 is 29.6 Å². The summed E-state index contributed by atoms with van der Waals surface area (Å²) in [6.07, 6.45) is 0. The van der Waals surface area contributed by atoms with Crippen molar-refractivity contribution in [3.05, 3.63) is 74.5 Å². The number of rotatable bonds is 4. The molecule has 4 rings (SSSR count). The zero-order chi connectivity index (χ0) is 22.3. The number of thiazole rings is 1. The van der Waals surface area contributed by atoms with Crippen LogP contribution < -0.4 is 10.9 Å². The molecule has 2 heterocycles. The topological polar surface area (TPSA) is 76.9 Å². The molecule has 1 N–H and O–H groups in total. The van der Waals surface area contributed by atoms with Crippen molar-refractivity contribution in [3.8, 4) is 11.3 Å². The van der Waals surface area contributed by atoms with Gasteiger partial charge in [0.25, 0.3) is 5.56 Å². The van der Waals surface area contributed by atoms with Gasteiger partial charge in [0, 0.05) is 11.6 Å². The Labute approximate surface area is 180 Å². The van der Waals surface area contributed by atoms with Gasteiger partial charge in [-0.2, -0.15) is 5.10 Å². The summed E-state index contributed by atoms with van der Waals surface area (Å²) in [7, 11) is 0. The molecule has 0 fully saturated rings. The highest BCUT2D eigenvalue weighted by Gasteiger charge is 2.19. The number of aryl methyl sites for hydroxylation is 3. The third-order valence-electron chi connectivity index (χ3n) is 4.74. The molecule has 2 aromatic carbocycles. The van der Waals surface area contributed by atoms with Crippen LogP contribution in [0.5, 0.6) is 0 Å². The van der Waals surface area contributed by atoms with Gasteiger partial charge in [-0.15, -0.1) is 11.3 Å². The maximum atomic E-state index is 13.9. The maximum Gasteiger partial charge on any atom is 0.294 e. The molecular formula is C22H18F2N4O2S. The molecule has 31 heavy (non-hydrogen) atoms. The average Bonchev–Trinajstić information content (AvgIpc) is 3.09. The van der Waals surface area contributed by atoms with Crippen molar-refractivity contribution in [1.82, 2.24) is 14.8 Å². The van der Waals surface area contributed by atoms with E-state index in [4.69, 9.17) is 0 Å². The molecule has 0 bridgehead atoms. The number of hydrogen-bond acceptors (Lipinski definition) is 5. The van der Waals surface area contributed by atoms with E-state index in [2.05, 4.69) is 15.4 Å². The Morgan fingerprint density at radius 3 is 2.61 bits per heavy atom. The molecule has 0 aliphatic carbocycles. The number of amides is 1. The van der Waals surface area contributed by atoms with Crippen LogP contribution in [0.3, 0.4) is 0 Å². The molecule has 0 saturated carbocycles. The van der Waals surface area contributed by atoms with Gasteiger partial charge in [0.1, 0.15) is 23.9 Å². The fourth-order valence-corrected chi connectivity index (χ4v) is 4.25. The van der Waals surface area contributed by atoms with Crippen LogP contribution in [0.2, 0.25) is 0 Å². The zero-order valence-electron chi connectivity index (χ0n) is 17.0. The van der Waals surface area contributed by atoms with Crippen molar-refractivity contribution in [2.24, 2.45) is 0 Å². The minimum atomic E-state index is -0.907. The predicted octanol–water partition coefficient (Wildman–Crippen LogP) is 4.36. The summed E-state index contributed by atoms with van der Waals surface area (Å²) in [4.78, 5) is 29.7. The quantitative estimate of drug-likeness (QED) is 0.512. The highest BCUT2D eigenvalue weighted by atomic mass is 32.1. The number of anilines is 1. The summed E-state index contributed by atoms with van der Waals surface area (Å²) in [6, 6.07) is 8.70. The molecule has 4 aromatic rings. The molecule has 9 heteroatoms. The molecule has 0 atom stereocenters. The molecule has 2 aromatic heterocycles. The van der Waals surface area contributed by atoms with Crippen LogP contribution in [0, 0.1) is 32.4 Å². The molecule has 158 valence electrons. The lowest BCUT2D eigenvalue weighted by atomic mass is 10.0. The van der Waals surface area contributed by atoms with E-state index in [0.717, 1.165) is 33.5 Å². The lowest BCUT2D eigenvalue weighted by molar-refractivity contribution is -0.117. The molecule has 0 spiro atoms. The van der Waals surface area contributed by atoms with E-state index >= 15 is 0 Å². The van der Waals surface area contributed by atoms with Crippen molar-refractivity contribution >= 4 is 33.1 Å². The summed E-state index contributed by atoms with van der Waals surface area (Å²) in [6.45, 7) is 5.28. The first kappa shape index (κ1) is 20.8. The number of carbonyl (C=O) groups is 1. The van der Waals surface area contributed by atoms with Gasteiger partial charge >= 0.3 is 0 Å². The van der Waals surface area contributed by atoms with E-state index in [1.807, 2.05) is 32.0 Å². The molecule has 1 amide bonds. The van der Waals surface area contributed by atoms with E-state index in [1.165, 1.54) is 11.3 Å². The van der Waals surface area contributed by atoms with Crippen molar-refractivity contribution in [2.75, 3.05) is 5.32 Å². The van der Waals surface area contributed by atoms with Crippen LogP contribution in [0.25, 0.3) is 21.5 Å². The van der Waals surface area contributed by atoms with Gasteiger partial charge in [-0.05, 0) is 38.5 Å². The monoisotopic (exact) mass is 440 g/mol. The van der Waals surface area contributed by atoms with Crippen LogP contribution >= 0.6 is 11.3 Å². The third kappa shape index (κ3) is 4.09. The van der Waals surface area contributed by atoms with Crippen LogP contribution in [0.15, 0.2) is 41.2 Å². The lowest BCUT2D eigenvalue weighted by Gasteiger charge is -2.11. The lowest BCUT2D eigenvalue weighted by Crippen LogP contribution is -2.30. The van der Waals surface area contributed by atoms with Crippen molar-refractivity contribution < 1.29 is 13.6 Å². The Bertz CT molecular complexity index is 1390. The molecular weight excluding hydrogens is 422 g/mol. The minimum Gasteiger partial charge on any atom is -0.322 e.